The van der Waals surface area contributed by atoms with Crippen LogP contribution in [0.15, 0.2) is 24.3 Å². The second-order valence-corrected chi connectivity index (χ2v) is 2.84. The van der Waals surface area contributed by atoms with Crippen LogP contribution in [0.4, 0.5) is 5.69 Å². The first kappa shape index (κ1) is 9.54. The van der Waals surface area contributed by atoms with Crippen molar-refractivity contribution < 1.29 is 9.90 Å². The van der Waals surface area contributed by atoms with Crippen molar-refractivity contribution in [1.29, 1.82) is 0 Å². The molecular weight excluding hydrogens is 168 g/mol. The van der Waals surface area contributed by atoms with Crippen molar-refractivity contribution in [2.24, 2.45) is 5.84 Å². The van der Waals surface area contributed by atoms with Gasteiger partial charge in [0, 0.05) is 0 Å². The zero-order valence-corrected chi connectivity index (χ0v) is 7.36. The summed E-state index contributed by atoms with van der Waals surface area (Å²) in [5.41, 5.74) is 1.76. The molecule has 0 amide bonds. The number of carboxylic acids is 1. The molecule has 1 aromatic carbocycles. The topological polar surface area (TPSA) is 69.4 Å². The molecule has 0 spiro atoms. The fourth-order valence-electron chi connectivity index (χ4n) is 0.967. The highest BCUT2D eigenvalue weighted by Crippen LogP contribution is 2.10. The third kappa shape index (κ3) is 2.76. The molecular formula is C9H11N2O2-. The number of nitrogens with zero attached hydrogens (tertiary/aromatic N) is 1. The van der Waals surface area contributed by atoms with E-state index in [0.717, 1.165) is 10.6 Å². The van der Waals surface area contributed by atoms with Gasteiger partial charge in [0.05, 0.1) is 18.2 Å². The Balaban J connectivity index is 2.71. The van der Waals surface area contributed by atoms with E-state index in [2.05, 4.69) is 0 Å². The first-order chi connectivity index (χ1) is 6.09. The molecule has 0 aromatic heterocycles. The fourth-order valence-corrected chi connectivity index (χ4v) is 0.967. The first-order valence-corrected chi connectivity index (χ1v) is 3.88. The molecule has 0 aliphatic heterocycles. The average molecular weight is 179 g/mol. The van der Waals surface area contributed by atoms with E-state index in [1.807, 2.05) is 19.1 Å². The predicted octanol–water partition coefficient (Wildman–Crippen LogP) is -0.575. The molecule has 0 radical (unpaired) electrons. The van der Waals surface area contributed by atoms with Crippen LogP contribution in [0.1, 0.15) is 5.56 Å². The van der Waals surface area contributed by atoms with Crippen LogP contribution in [0.2, 0.25) is 0 Å². The summed E-state index contributed by atoms with van der Waals surface area (Å²) in [7, 11) is 0. The van der Waals surface area contributed by atoms with Crippen LogP contribution in [0.3, 0.4) is 0 Å². The number of benzene rings is 1. The number of carbonyl (C=O) groups excluding carboxylic acids is 1. The number of carboxylic acid groups (broad SMARTS) is 1. The van der Waals surface area contributed by atoms with Gasteiger partial charge in [-0.25, -0.2) is 5.84 Å². The minimum atomic E-state index is -1.19. The molecule has 0 unspecified atom stereocenters. The van der Waals surface area contributed by atoms with E-state index >= 15 is 0 Å². The van der Waals surface area contributed by atoms with Crippen molar-refractivity contribution in [3.63, 3.8) is 0 Å². The Morgan fingerprint density at radius 2 is 2.00 bits per heavy atom. The molecule has 0 bridgehead atoms. The summed E-state index contributed by atoms with van der Waals surface area (Å²) < 4.78 is 0. The maximum Gasteiger partial charge on any atom is 0.0737 e. The normalized spacial score (nSPS) is 9.69. The van der Waals surface area contributed by atoms with Crippen molar-refractivity contribution in [2.75, 3.05) is 11.6 Å². The third-order valence-electron chi connectivity index (χ3n) is 1.67. The molecule has 1 aromatic rings. The Morgan fingerprint density at radius 1 is 1.46 bits per heavy atom. The molecule has 2 N–H and O–H groups in total. The second kappa shape index (κ2) is 3.91. The van der Waals surface area contributed by atoms with E-state index in [1.165, 1.54) is 0 Å². The van der Waals surface area contributed by atoms with Gasteiger partial charge in [0.1, 0.15) is 0 Å². The summed E-state index contributed by atoms with van der Waals surface area (Å²) in [6, 6.07) is 7.26. The van der Waals surface area contributed by atoms with Gasteiger partial charge in [-0.3, -0.25) is 0 Å². The molecule has 4 heteroatoms. The summed E-state index contributed by atoms with van der Waals surface area (Å²) >= 11 is 0. The number of carbonyl (C=O) groups is 1. The molecule has 0 atom stereocenters. The van der Waals surface area contributed by atoms with E-state index < -0.39 is 5.97 Å². The smallest absolute Gasteiger partial charge is 0.0737 e. The van der Waals surface area contributed by atoms with Crippen LogP contribution in [-0.4, -0.2) is 12.5 Å². The standard InChI is InChI=1S/C9H12N2O2/c1-7-2-4-8(5-3-7)11(10)6-9(12)13/h2-5H,6,10H2,1H3,(H,12,13)/p-1. The molecule has 0 fully saturated rings. The van der Waals surface area contributed by atoms with Crippen LogP contribution in [0, 0.1) is 6.92 Å². The molecule has 13 heavy (non-hydrogen) atoms. The molecule has 0 aliphatic rings. The highest BCUT2D eigenvalue weighted by molar-refractivity contribution is 5.71. The summed E-state index contributed by atoms with van der Waals surface area (Å²) in [5, 5.41) is 11.4. The Kier molecular flexibility index (Phi) is 2.87. The van der Waals surface area contributed by atoms with E-state index in [0.29, 0.717) is 5.69 Å². The number of aliphatic carboxylic acids is 1. The monoisotopic (exact) mass is 179 g/mol. The quantitative estimate of drug-likeness (QED) is 0.498. The van der Waals surface area contributed by atoms with Crippen LogP contribution in [0.25, 0.3) is 0 Å². The SMILES string of the molecule is Cc1ccc(N(N)CC(=O)[O-])cc1. The van der Waals surface area contributed by atoms with E-state index in [1.54, 1.807) is 12.1 Å². The maximum atomic E-state index is 10.2. The van der Waals surface area contributed by atoms with Gasteiger partial charge < -0.3 is 14.9 Å². The average Bonchev–Trinajstić information content (AvgIpc) is 2.04. The Morgan fingerprint density at radius 3 is 2.46 bits per heavy atom. The number of anilines is 1. The zero-order chi connectivity index (χ0) is 9.84. The molecule has 0 heterocycles. The largest absolute Gasteiger partial charge is 0.548 e. The maximum absolute atomic E-state index is 10.2. The summed E-state index contributed by atoms with van der Waals surface area (Å²) in [4.78, 5) is 10.2. The Bertz CT molecular complexity index is 295. The second-order valence-electron chi connectivity index (χ2n) is 2.84. The molecule has 4 nitrogen and oxygen atoms in total. The highest BCUT2D eigenvalue weighted by Gasteiger charge is 1.99. The number of aryl methyl sites for hydroxylation is 1. The number of hydrogen-bond donors (Lipinski definition) is 1. The Labute approximate surface area is 76.6 Å². The minimum Gasteiger partial charge on any atom is -0.548 e. The lowest BCUT2D eigenvalue weighted by atomic mass is 10.2. The molecule has 0 aliphatic carbocycles. The van der Waals surface area contributed by atoms with Crippen molar-refractivity contribution in [3.05, 3.63) is 29.8 Å². The van der Waals surface area contributed by atoms with Crippen molar-refractivity contribution >= 4 is 11.7 Å². The van der Waals surface area contributed by atoms with Gasteiger partial charge in [0.2, 0.25) is 0 Å². The Hall–Kier alpha value is -1.55. The van der Waals surface area contributed by atoms with Gasteiger partial charge >= 0.3 is 0 Å². The lowest BCUT2D eigenvalue weighted by Crippen LogP contribution is -2.42. The van der Waals surface area contributed by atoms with Gasteiger partial charge in [-0.05, 0) is 19.1 Å². The van der Waals surface area contributed by atoms with Crippen LogP contribution >= 0.6 is 0 Å². The molecule has 1 rings (SSSR count). The van der Waals surface area contributed by atoms with Crippen LogP contribution < -0.4 is 16.0 Å². The number of rotatable bonds is 3. The van der Waals surface area contributed by atoms with Crippen LogP contribution in [-0.2, 0) is 4.79 Å². The van der Waals surface area contributed by atoms with Gasteiger partial charge in [0.25, 0.3) is 0 Å². The number of hydrogen-bond acceptors (Lipinski definition) is 4. The zero-order valence-electron chi connectivity index (χ0n) is 7.36. The predicted molar refractivity (Wildman–Crippen MR) is 47.7 cm³/mol. The highest BCUT2D eigenvalue weighted by atomic mass is 16.4. The minimum absolute atomic E-state index is 0.303. The third-order valence-corrected chi connectivity index (χ3v) is 1.67. The molecule has 70 valence electrons. The van der Waals surface area contributed by atoms with Gasteiger partial charge in [-0.2, -0.15) is 0 Å². The van der Waals surface area contributed by atoms with Crippen molar-refractivity contribution in [1.82, 2.24) is 0 Å². The summed E-state index contributed by atoms with van der Waals surface area (Å²) in [5.74, 6) is 4.27. The lowest BCUT2D eigenvalue weighted by molar-refractivity contribution is -0.303. The first-order valence-electron chi connectivity index (χ1n) is 3.88. The summed E-state index contributed by atoms with van der Waals surface area (Å²) in [6.07, 6.45) is 0. The van der Waals surface area contributed by atoms with Gasteiger partial charge in [-0.1, -0.05) is 17.7 Å². The van der Waals surface area contributed by atoms with Gasteiger partial charge in [0.15, 0.2) is 0 Å². The van der Waals surface area contributed by atoms with Gasteiger partial charge in [-0.15, -0.1) is 0 Å². The summed E-state index contributed by atoms with van der Waals surface area (Å²) in [6.45, 7) is 1.65. The molecule has 0 saturated heterocycles. The van der Waals surface area contributed by atoms with Crippen molar-refractivity contribution in [2.45, 2.75) is 6.92 Å². The van der Waals surface area contributed by atoms with Crippen LogP contribution in [0.5, 0.6) is 0 Å². The lowest BCUT2D eigenvalue weighted by Gasteiger charge is -2.18. The number of hydrazine groups is 1. The number of nitrogens with two attached hydrogens (primary N) is 1. The van der Waals surface area contributed by atoms with E-state index in [9.17, 15) is 9.90 Å². The van der Waals surface area contributed by atoms with Crippen molar-refractivity contribution in [3.8, 4) is 0 Å². The van der Waals surface area contributed by atoms with E-state index in [4.69, 9.17) is 5.84 Å². The van der Waals surface area contributed by atoms with E-state index in [-0.39, 0.29) is 6.54 Å². The molecule has 0 saturated carbocycles. The fraction of sp³-hybridized carbons (Fsp3) is 0.222.